The van der Waals surface area contributed by atoms with E-state index in [4.69, 9.17) is 17.3 Å². The lowest BCUT2D eigenvalue weighted by Gasteiger charge is -2.02. The first-order chi connectivity index (χ1) is 6.22. The third-order valence-electron chi connectivity index (χ3n) is 1.22. The molecule has 1 aromatic rings. The van der Waals surface area contributed by atoms with Gasteiger partial charge in [0.15, 0.2) is 0 Å². The first kappa shape index (κ1) is 9.91. The molecular weight excluding hydrogens is 197 g/mol. The lowest BCUT2D eigenvalue weighted by Crippen LogP contribution is -2.08. The van der Waals surface area contributed by atoms with E-state index in [2.05, 4.69) is 20.3 Å². The van der Waals surface area contributed by atoms with Crippen LogP contribution >= 0.6 is 11.6 Å². The smallest absolute Gasteiger partial charge is 0.228 e. The van der Waals surface area contributed by atoms with Crippen molar-refractivity contribution in [2.24, 2.45) is 0 Å². The number of rotatable bonds is 4. The highest BCUT2D eigenvalue weighted by atomic mass is 35.5. The number of nitrogens with one attached hydrogen (secondary N) is 1. The maximum atomic E-state index is 11.7. The molecule has 3 N–H and O–H groups in total. The van der Waals surface area contributed by atoms with Gasteiger partial charge in [0, 0.05) is 6.54 Å². The fourth-order valence-electron chi connectivity index (χ4n) is 0.711. The number of hydrogen-bond donors (Lipinski definition) is 2. The minimum absolute atomic E-state index is 0.0234. The molecule has 0 saturated heterocycles. The van der Waals surface area contributed by atoms with Crippen molar-refractivity contribution in [3.8, 4) is 0 Å². The summed E-state index contributed by atoms with van der Waals surface area (Å²) < 4.78 is 11.7. The van der Waals surface area contributed by atoms with E-state index in [0.717, 1.165) is 0 Å². The quantitative estimate of drug-likeness (QED) is 0.714. The van der Waals surface area contributed by atoms with Crippen LogP contribution in [0, 0.1) is 0 Å². The van der Waals surface area contributed by atoms with E-state index >= 15 is 0 Å². The van der Waals surface area contributed by atoms with Crippen LogP contribution in [0.5, 0.6) is 0 Å². The number of hydrogen-bond acceptors (Lipinski definition) is 5. The van der Waals surface area contributed by atoms with E-state index in [1.165, 1.54) is 0 Å². The summed E-state index contributed by atoms with van der Waals surface area (Å²) in [6, 6.07) is 0. The maximum absolute atomic E-state index is 11.7. The van der Waals surface area contributed by atoms with Crippen molar-refractivity contribution in [3.63, 3.8) is 0 Å². The molecule has 0 atom stereocenters. The Balaban J connectivity index is 2.56. The Hall–Kier alpha value is -1.17. The minimum Gasteiger partial charge on any atom is -0.368 e. The van der Waals surface area contributed by atoms with E-state index in [-0.39, 0.29) is 23.9 Å². The summed E-state index contributed by atoms with van der Waals surface area (Å²) in [6.45, 7) is 0.0532. The van der Waals surface area contributed by atoms with E-state index < -0.39 is 0 Å². The van der Waals surface area contributed by atoms with Crippen LogP contribution < -0.4 is 11.1 Å². The lowest BCUT2D eigenvalue weighted by molar-refractivity contribution is 0.481. The van der Waals surface area contributed by atoms with Gasteiger partial charge in [0.2, 0.25) is 17.2 Å². The molecule has 5 nitrogen and oxygen atoms in total. The van der Waals surface area contributed by atoms with Crippen LogP contribution in [-0.2, 0) is 0 Å². The Kier molecular flexibility index (Phi) is 3.63. The molecular formula is C6H9ClFN5. The van der Waals surface area contributed by atoms with Crippen LogP contribution in [0.4, 0.5) is 16.3 Å². The van der Waals surface area contributed by atoms with Crippen LogP contribution in [-0.4, -0.2) is 28.2 Å². The van der Waals surface area contributed by atoms with Crippen LogP contribution in [0.2, 0.25) is 5.28 Å². The Bertz CT molecular complexity index is 261. The normalized spacial score (nSPS) is 10.0. The maximum Gasteiger partial charge on any atom is 0.228 e. The van der Waals surface area contributed by atoms with Gasteiger partial charge < -0.3 is 11.1 Å². The monoisotopic (exact) mass is 205 g/mol. The molecule has 0 saturated carbocycles. The third kappa shape index (κ3) is 3.37. The van der Waals surface area contributed by atoms with Gasteiger partial charge in [0.1, 0.15) is 0 Å². The van der Waals surface area contributed by atoms with E-state index in [9.17, 15) is 4.39 Å². The number of aromatic nitrogens is 3. The topological polar surface area (TPSA) is 76.7 Å². The number of anilines is 2. The summed E-state index contributed by atoms with van der Waals surface area (Å²) in [7, 11) is 0. The summed E-state index contributed by atoms with van der Waals surface area (Å²) in [4.78, 5) is 11.0. The van der Waals surface area contributed by atoms with Crippen molar-refractivity contribution in [1.29, 1.82) is 0 Å². The zero-order valence-corrected chi connectivity index (χ0v) is 7.55. The number of nitrogens with zero attached hydrogens (tertiary/aromatic N) is 3. The predicted molar refractivity (Wildman–Crippen MR) is 48.3 cm³/mol. The van der Waals surface area contributed by atoms with Crippen LogP contribution in [0.25, 0.3) is 0 Å². The molecule has 0 aliphatic heterocycles. The van der Waals surface area contributed by atoms with Gasteiger partial charge in [0.05, 0.1) is 6.67 Å². The van der Waals surface area contributed by atoms with Crippen molar-refractivity contribution in [2.75, 3.05) is 24.3 Å². The average Bonchev–Trinajstić information content (AvgIpc) is 2.03. The van der Waals surface area contributed by atoms with Gasteiger partial charge in [-0.15, -0.1) is 0 Å². The highest BCUT2D eigenvalue weighted by Gasteiger charge is 2.00. The molecule has 0 spiro atoms. The molecule has 1 aromatic heterocycles. The fraction of sp³-hybridized carbons (Fsp3) is 0.500. The molecule has 0 aromatic carbocycles. The van der Waals surface area contributed by atoms with Gasteiger partial charge in [-0.2, -0.15) is 15.0 Å². The van der Waals surface area contributed by atoms with Crippen LogP contribution in [0.1, 0.15) is 6.42 Å². The second-order valence-corrected chi connectivity index (χ2v) is 2.59. The van der Waals surface area contributed by atoms with E-state index in [0.29, 0.717) is 13.0 Å². The number of nitrogens with two attached hydrogens (primary N) is 1. The number of nitrogen functional groups attached to an aromatic ring is 1. The van der Waals surface area contributed by atoms with Crippen molar-refractivity contribution in [2.45, 2.75) is 6.42 Å². The second-order valence-electron chi connectivity index (χ2n) is 2.26. The predicted octanol–water partition coefficient (Wildman–Crippen LogP) is 0.879. The molecule has 1 heterocycles. The average molecular weight is 206 g/mol. The Morgan fingerprint density at radius 3 is 2.77 bits per heavy atom. The summed E-state index contributed by atoms with van der Waals surface area (Å²) in [6.07, 6.45) is 0.392. The first-order valence-corrected chi connectivity index (χ1v) is 4.07. The van der Waals surface area contributed by atoms with E-state index in [1.807, 2.05) is 0 Å². The van der Waals surface area contributed by atoms with Gasteiger partial charge in [-0.25, -0.2) is 0 Å². The summed E-state index contributed by atoms with van der Waals surface area (Å²) in [5, 5.41) is 2.78. The molecule has 1 rings (SSSR count). The van der Waals surface area contributed by atoms with Crippen molar-refractivity contribution in [1.82, 2.24) is 15.0 Å². The Morgan fingerprint density at radius 1 is 1.38 bits per heavy atom. The molecule has 13 heavy (non-hydrogen) atoms. The van der Waals surface area contributed by atoms with Gasteiger partial charge >= 0.3 is 0 Å². The summed E-state index contributed by atoms with van der Waals surface area (Å²) in [5.41, 5.74) is 5.30. The number of alkyl halides is 1. The molecule has 0 aliphatic carbocycles. The Morgan fingerprint density at radius 2 is 2.15 bits per heavy atom. The highest BCUT2D eigenvalue weighted by molar-refractivity contribution is 6.28. The molecule has 0 amide bonds. The zero-order valence-electron chi connectivity index (χ0n) is 6.80. The molecule has 0 bridgehead atoms. The lowest BCUT2D eigenvalue weighted by atomic mass is 10.5. The first-order valence-electron chi connectivity index (χ1n) is 3.69. The molecule has 0 aliphatic rings. The molecule has 7 heteroatoms. The molecule has 0 radical (unpaired) electrons. The highest BCUT2D eigenvalue weighted by Crippen LogP contribution is 2.06. The molecule has 72 valence electrons. The van der Waals surface area contributed by atoms with Gasteiger partial charge in [0.25, 0.3) is 0 Å². The SMILES string of the molecule is Nc1nc(Cl)nc(NCCCF)n1. The van der Waals surface area contributed by atoms with Gasteiger partial charge in [-0.05, 0) is 18.0 Å². The zero-order chi connectivity index (χ0) is 9.68. The fourth-order valence-corrected chi connectivity index (χ4v) is 0.878. The Labute approximate surface area is 79.5 Å². The van der Waals surface area contributed by atoms with Crippen molar-refractivity contribution >= 4 is 23.5 Å². The largest absolute Gasteiger partial charge is 0.368 e. The van der Waals surface area contributed by atoms with Crippen molar-refractivity contribution < 1.29 is 4.39 Å². The molecule has 0 unspecified atom stereocenters. The van der Waals surface area contributed by atoms with E-state index in [1.54, 1.807) is 0 Å². The van der Waals surface area contributed by atoms with Crippen molar-refractivity contribution in [3.05, 3.63) is 5.28 Å². The third-order valence-corrected chi connectivity index (χ3v) is 1.39. The van der Waals surface area contributed by atoms with Gasteiger partial charge in [-0.3, -0.25) is 4.39 Å². The second kappa shape index (κ2) is 4.76. The van der Waals surface area contributed by atoms with Gasteiger partial charge in [-0.1, -0.05) is 0 Å². The van der Waals surface area contributed by atoms with Crippen LogP contribution in [0.15, 0.2) is 0 Å². The summed E-state index contributed by atoms with van der Waals surface area (Å²) in [5.74, 6) is 0.314. The molecule has 0 fully saturated rings. The standard InChI is InChI=1S/C6H9ClFN5/c7-4-11-5(9)13-6(12-4)10-3-1-2-8/h1-3H2,(H3,9,10,11,12,13). The summed E-state index contributed by atoms with van der Waals surface area (Å²) >= 11 is 5.51. The minimum atomic E-state index is -0.388. The van der Waals surface area contributed by atoms with Crippen LogP contribution in [0.3, 0.4) is 0 Å². The number of halogens is 2.